The van der Waals surface area contributed by atoms with E-state index in [-0.39, 0.29) is 0 Å². The Morgan fingerprint density at radius 1 is 1.64 bits per heavy atom. The van der Waals surface area contributed by atoms with Gasteiger partial charge in [0, 0.05) is 7.05 Å². The molecule has 0 saturated heterocycles. The van der Waals surface area contributed by atoms with Crippen LogP contribution >= 0.6 is 0 Å². The molecule has 0 aliphatic heterocycles. The van der Waals surface area contributed by atoms with Crippen LogP contribution in [0, 0.1) is 5.92 Å². The van der Waals surface area contributed by atoms with Gasteiger partial charge in [-0.2, -0.15) is 0 Å². The molecule has 0 aromatic carbocycles. The molecule has 0 fully saturated rings. The molecule has 1 atom stereocenters. The molecular formula is C8H16NO2. The third-order valence-electron chi connectivity index (χ3n) is 1.46. The Bertz CT molecular complexity index is 115. The minimum Gasteiger partial charge on any atom is -0.448 e. The third-order valence-corrected chi connectivity index (χ3v) is 1.46. The lowest BCUT2D eigenvalue weighted by Gasteiger charge is -2.08. The lowest BCUT2D eigenvalue weighted by molar-refractivity contribution is 0.129. The van der Waals surface area contributed by atoms with Gasteiger partial charge < -0.3 is 4.74 Å². The largest absolute Gasteiger partial charge is 0.448 e. The second-order valence-corrected chi connectivity index (χ2v) is 2.69. The first-order valence-corrected chi connectivity index (χ1v) is 3.97. The minimum atomic E-state index is -0.465. The van der Waals surface area contributed by atoms with Crippen molar-refractivity contribution in [2.75, 3.05) is 13.7 Å². The van der Waals surface area contributed by atoms with E-state index in [1.54, 1.807) is 0 Å². The maximum atomic E-state index is 10.5. The van der Waals surface area contributed by atoms with E-state index in [1.165, 1.54) is 7.05 Å². The van der Waals surface area contributed by atoms with Gasteiger partial charge in [-0.1, -0.05) is 20.3 Å². The molecule has 11 heavy (non-hydrogen) atoms. The van der Waals surface area contributed by atoms with Crippen LogP contribution in [0.15, 0.2) is 0 Å². The van der Waals surface area contributed by atoms with Gasteiger partial charge in [0.2, 0.25) is 0 Å². The Morgan fingerprint density at radius 2 is 2.27 bits per heavy atom. The average molecular weight is 158 g/mol. The predicted octanol–water partition coefficient (Wildman–Crippen LogP) is 1.79. The van der Waals surface area contributed by atoms with Crippen molar-refractivity contribution in [1.82, 2.24) is 5.32 Å². The summed E-state index contributed by atoms with van der Waals surface area (Å²) in [6.07, 6.45) is 1.76. The van der Waals surface area contributed by atoms with Crippen LogP contribution in [0.2, 0.25) is 0 Å². The zero-order valence-electron chi connectivity index (χ0n) is 7.46. The number of hydrogen-bond acceptors (Lipinski definition) is 2. The molecule has 1 amide bonds. The first-order chi connectivity index (χ1) is 5.20. The van der Waals surface area contributed by atoms with E-state index < -0.39 is 6.09 Å². The van der Waals surface area contributed by atoms with Gasteiger partial charge in [0.15, 0.2) is 0 Å². The zero-order valence-corrected chi connectivity index (χ0v) is 7.46. The van der Waals surface area contributed by atoms with Gasteiger partial charge >= 0.3 is 6.09 Å². The molecule has 0 spiro atoms. The van der Waals surface area contributed by atoms with E-state index in [4.69, 9.17) is 4.74 Å². The van der Waals surface area contributed by atoms with Crippen LogP contribution in [-0.2, 0) is 4.74 Å². The number of carbonyl (C=O) groups is 1. The summed E-state index contributed by atoms with van der Waals surface area (Å²) in [4.78, 5) is 10.5. The highest BCUT2D eigenvalue weighted by Gasteiger charge is 2.04. The highest BCUT2D eigenvalue weighted by atomic mass is 16.5. The summed E-state index contributed by atoms with van der Waals surface area (Å²) in [5, 5.41) is 3.36. The van der Waals surface area contributed by atoms with E-state index in [9.17, 15) is 4.79 Å². The summed E-state index contributed by atoms with van der Waals surface area (Å²) >= 11 is 0. The van der Waals surface area contributed by atoms with E-state index in [1.807, 2.05) is 0 Å². The van der Waals surface area contributed by atoms with E-state index >= 15 is 0 Å². The Balaban J connectivity index is 3.29. The molecule has 0 aromatic rings. The quantitative estimate of drug-likeness (QED) is 0.625. The number of nitrogens with zero attached hydrogens (tertiary/aromatic N) is 1. The Hall–Kier alpha value is -0.730. The minimum absolute atomic E-state index is 0.450. The summed E-state index contributed by atoms with van der Waals surface area (Å²) in [5.41, 5.74) is 0. The lowest BCUT2D eigenvalue weighted by atomic mass is 10.1. The fraction of sp³-hybridized carbons (Fsp3) is 0.875. The molecule has 1 radical (unpaired) electrons. The monoisotopic (exact) mass is 158 g/mol. The fourth-order valence-electron chi connectivity index (χ4n) is 0.854. The molecule has 0 N–H and O–H groups in total. The molecule has 65 valence electrons. The van der Waals surface area contributed by atoms with Gasteiger partial charge in [0.25, 0.3) is 0 Å². The molecule has 0 bridgehead atoms. The van der Waals surface area contributed by atoms with Crippen LogP contribution < -0.4 is 5.32 Å². The number of ether oxygens (including phenoxy) is 1. The van der Waals surface area contributed by atoms with E-state index in [0.717, 1.165) is 12.8 Å². The third kappa shape index (κ3) is 5.70. The molecule has 0 saturated carbocycles. The van der Waals surface area contributed by atoms with Gasteiger partial charge in [-0.25, -0.2) is 10.1 Å². The summed E-state index contributed by atoms with van der Waals surface area (Å²) in [7, 11) is 1.44. The molecule has 0 rings (SSSR count). The second kappa shape index (κ2) is 6.01. The van der Waals surface area contributed by atoms with Gasteiger partial charge in [0.05, 0.1) is 6.61 Å². The summed E-state index contributed by atoms with van der Waals surface area (Å²) in [6, 6.07) is 0. The van der Waals surface area contributed by atoms with Crippen molar-refractivity contribution in [2.24, 2.45) is 5.92 Å². The van der Waals surface area contributed by atoms with Crippen LogP contribution in [0.4, 0.5) is 4.79 Å². The van der Waals surface area contributed by atoms with Crippen LogP contribution in [0.25, 0.3) is 0 Å². The van der Waals surface area contributed by atoms with E-state index in [2.05, 4.69) is 19.2 Å². The summed E-state index contributed by atoms with van der Waals surface area (Å²) < 4.78 is 4.80. The maximum absolute atomic E-state index is 10.5. The SMILES string of the molecule is CCCC(C)COC(=O)[N]C. The lowest BCUT2D eigenvalue weighted by Crippen LogP contribution is -2.16. The normalized spacial score (nSPS) is 12.3. The number of carbonyl (C=O) groups excluding carboxylic acids is 1. The van der Waals surface area contributed by atoms with Gasteiger partial charge in [0.1, 0.15) is 0 Å². The first-order valence-electron chi connectivity index (χ1n) is 3.97. The molecule has 1 unspecified atom stereocenters. The number of rotatable bonds is 4. The highest BCUT2D eigenvalue weighted by Crippen LogP contribution is 2.04. The standard InChI is InChI=1S/C8H16NO2/c1-4-5-7(2)6-11-8(10)9-3/h7H,4-6H2,1-3H3. The molecular weight excluding hydrogens is 142 g/mol. The summed E-state index contributed by atoms with van der Waals surface area (Å²) in [5.74, 6) is 0.450. The molecule has 0 heterocycles. The molecule has 3 heteroatoms. The highest BCUT2D eigenvalue weighted by molar-refractivity contribution is 5.66. The number of amides is 1. The van der Waals surface area contributed by atoms with Crippen molar-refractivity contribution in [3.8, 4) is 0 Å². The Morgan fingerprint density at radius 3 is 2.73 bits per heavy atom. The average Bonchev–Trinajstić information content (AvgIpc) is 2.01. The van der Waals surface area contributed by atoms with Crippen molar-refractivity contribution >= 4 is 6.09 Å². The Labute approximate surface area is 68.1 Å². The Kier molecular flexibility index (Phi) is 5.61. The van der Waals surface area contributed by atoms with Crippen LogP contribution in [0.3, 0.4) is 0 Å². The topological polar surface area (TPSA) is 40.4 Å². The van der Waals surface area contributed by atoms with Gasteiger partial charge in [-0.05, 0) is 12.3 Å². The molecule has 3 nitrogen and oxygen atoms in total. The maximum Gasteiger partial charge on any atom is 0.428 e. The molecule has 0 aromatic heterocycles. The van der Waals surface area contributed by atoms with Crippen molar-refractivity contribution in [2.45, 2.75) is 26.7 Å². The van der Waals surface area contributed by atoms with Crippen LogP contribution in [0.5, 0.6) is 0 Å². The van der Waals surface area contributed by atoms with Crippen molar-refractivity contribution < 1.29 is 9.53 Å². The van der Waals surface area contributed by atoms with E-state index in [0.29, 0.717) is 12.5 Å². The second-order valence-electron chi connectivity index (χ2n) is 2.69. The van der Waals surface area contributed by atoms with Crippen LogP contribution in [-0.4, -0.2) is 19.7 Å². The zero-order chi connectivity index (χ0) is 8.69. The predicted molar refractivity (Wildman–Crippen MR) is 43.5 cm³/mol. The van der Waals surface area contributed by atoms with Crippen molar-refractivity contribution in [1.29, 1.82) is 0 Å². The van der Waals surface area contributed by atoms with Gasteiger partial charge in [-0.3, -0.25) is 0 Å². The van der Waals surface area contributed by atoms with Crippen molar-refractivity contribution in [3.05, 3.63) is 0 Å². The summed E-state index contributed by atoms with van der Waals surface area (Å²) in [6.45, 7) is 4.67. The van der Waals surface area contributed by atoms with Gasteiger partial charge in [-0.15, -0.1) is 0 Å². The number of hydrogen-bond donors (Lipinski definition) is 0. The first kappa shape index (κ1) is 10.3. The van der Waals surface area contributed by atoms with Crippen molar-refractivity contribution in [3.63, 3.8) is 0 Å². The molecule has 0 aliphatic rings. The smallest absolute Gasteiger partial charge is 0.428 e. The fourth-order valence-corrected chi connectivity index (χ4v) is 0.854. The molecule has 0 aliphatic carbocycles. The van der Waals surface area contributed by atoms with Crippen LogP contribution in [0.1, 0.15) is 26.7 Å².